The van der Waals surface area contributed by atoms with Gasteiger partial charge < -0.3 is 5.73 Å². The Labute approximate surface area is 116 Å². The van der Waals surface area contributed by atoms with Gasteiger partial charge >= 0.3 is 0 Å². The van der Waals surface area contributed by atoms with E-state index in [2.05, 4.69) is 15.9 Å². The number of hydrogen-bond donors (Lipinski definition) is 1. The lowest BCUT2D eigenvalue weighted by molar-refractivity contribution is 0.616. The smallest absolute Gasteiger partial charge is 0.129 e. The molecule has 0 radical (unpaired) electrons. The maximum atomic E-state index is 13.6. The van der Waals surface area contributed by atoms with E-state index in [0.717, 1.165) is 4.47 Å². The van der Waals surface area contributed by atoms with Crippen molar-refractivity contribution in [2.45, 2.75) is 10.6 Å². The van der Waals surface area contributed by atoms with Crippen molar-refractivity contribution in [3.8, 4) is 0 Å². The third-order valence-electron chi connectivity index (χ3n) is 2.42. The largest absolute Gasteiger partial charge is 0.399 e. The van der Waals surface area contributed by atoms with E-state index >= 15 is 0 Å². The van der Waals surface area contributed by atoms with Crippen LogP contribution in [0.5, 0.6) is 0 Å². The summed E-state index contributed by atoms with van der Waals surface area (Å²) < 4.78 is 26.5. The fraction of sp³-hybridized carbons (Fsp3) is 0.0769. The highest BCUT2D eigenvalue weighted by Gasteiger charge is 2.09. The lowest BCUT2D eigenvalue weighted by Gasteiger charge is -2.05. The average Bonchev–Trinajstić information content (AvgIpc) is 2.32. The number of benzene rings is 2. The van der Waals surface area contributed by atoms with Crippen molar-refractivity contribution in [2.75, 3.05) is 5.73 Å². The van der Waals surface area contributed by atoms with Gasteiger partial charge in [-0.2, -0.15) is 0 Å². The van der Waals surface area contributed by atoms with Crippen molar-refractivity contribution in [2.24, 2.45) is 0 Å². The molecule has 0 aliphatic carbocycles. The van der Waals surface area contributed by atoms with E-state index in [1.54, 1.807) is 30.3 Å². The monoisotopic (exact) mass is 327 g/mol. The molecular formula is C13H11BrFNOS. The normalized spacial score (nSPS) is 12.3. The van der Waals surface area contributed by atoms with Gasteiger partial charge in [0.25, 0.3) is 0 Å². The molecule has 0 saturated carbocycles. The Hall–Kier alpha value is -1.20. The fourth-order valence-electron chi connectivity index (χ4n) is 1.51. The average molecular weight is 328 g/mol. The van der Waals surface area contributed by atoms with Crippen LogP contribution in [0.3, 0.4) is 0 Å². The number of anilines is 1. The Morgan fingerprint density at radius 1 is 1.22 bits per heavy atom. The summed E-state index contributed by atoms with van der Waals surface area (Å²) in [6.45, 7) is 0. The van der Waals surface area contributed by atoms with Crippen molar-refractivity contribution < 1.29 is 8.60 Å². The summed E-state index contributed by atoms with van der Waals surface area (Å²) in [5, 5.41) is 0. The quantitative estimate of drug-likeness (QED) is 0.877. The number of hydrogen-bond acceptors (Lipinski definition) is 2. The third-order valence-corrected chi connectivity index (χ3v) is 4.27. The zero-order valence-electron chi connectivity index (χ0n) is 9.40. The molecule has 0 saturated heterocycles. The zero-order valence-corrected chi connectivity index (χ0v) is 11.8. The van der Waals surface area contributed by atoms with E-state index in [4.69, 9.17) is 5.73 Å². The molecule has 18 heavy (non-hydrogen) atoms. The Balaban J connectivity index is 2.21. The topological polar surface area (TPSA) is 43.1 Å². The van der Waals surface area contributed by atoms with Crippen LogP contribution < -0.4 is 5.73 Å². The summed E-state index contributed by atoms with van der Waals surface area (Å²) in [7, 11) is -1.27. The van der Waals surface area contributed by atoms with Gasteiger partial charge in [0.05, 0.1) is 16.6 Å². The van der Waals surface area contributed by atoms with E-state index in [0.29, 0.717) is 16.1 Å². The second kappa shape index (κ2) is 5.63. The van der Waals surface area contributed by atoms with Gasteiger partial charge in [0, 0.05) is 20.6 Å². The van der Waals surface area contributed by atoms with Gasteiger partial charge in [-0.1, -0.05) is 28.1 Å². The molecule has 0 aliphatic rings. The van der Waals surface area contributed by atoms with E-state index in [1.165, 1.54) is 6.07 Å². The first-order chi connectivity index (χ1) is 8.56. The molecular weight excluding hydrogens is 317 g/mol. The molecule has 2 aromatic rings. The maximum Gasteiger partial charge on any atom is 0.129 e. The van der Waals surface area contributed by atoms with Gasteiger partial charge in [-0.05, 0) is 30.3 Å². The van der Waals surface area contributed by atoms with Crippen LogP contribution >= 0.6 is 15.9 Å². The van der Waals surface area contributed by atoms with E-state index in [-0.39, 0.29) is 5.75 Å². The second-order valence-electron chi connectivity index (χ2n) is 3.80. The predicted octanol–water partition coefficient (Wildman–Crippen LogP) is 3.48. The molecule has 0 bridgehead atoms. The summed E-state index contributed by atoms with van der Waals surface area (Å²) in [6, 6.07) is 11.6. The van der Waals surface area contributed by atoms with Gasteiger partial charge in [-0.3, -0.25) is 4.21 Å². The molecule has 1 atom stereocenters. The predicted molar refractivity (Wildman–Crippen MR) is 75.1 cm³/mol. The summed E-state index contributed by atoms with van der Waals surface area (Å²) in [5.74, 6) is -0.277. The molecule has 2 rings (SSSR count). The van der Waals surface area contributed by atoms with Crippen LogP contribution in [0.15, 0.2) is 51.8 Å². The molecule has 0 aliphatic heterocycles. The summed E-state index contributed by atoms with van der Waals surface area (Å²) in [4.78, 5) is 0.667. The number of rotatable bonds is 3. The summed E-state index contributed by atoms with van der Waals surface area (Å²) in [5.41, 5.74) is 6.24. The maximum absolute atomic E-state index is 13.6. The van der Waals surface area contributed by atoms with Crippen LogP contribution in [0.1, 0.15) is 5.56 Å². The van der Waals surface area contributed by atoms with E-state index < -0.39 is 16.6 Å². The SMILES string of the molecule is Nc1ccc(CS(=O)c2cccc(Br)c2)c(F)c1. The van der Waals surface area contributed by atoms with Gasteiger partial charge in [0.2, 0.25) is 0 Å². The molecule has 0 amide bonds. The molecule has 1 unspecified atom stereocenters. The Morgan fingerprint density at radius 3 is 2.67 bits per heavy atom. The van der Waals surface area contributed by atoms with Crippen molar-refractivity contribution in [3.63, 3.8) is 0 Å². The number of nitrogen functional groups attached to an aromatic ring is 1. The van der Waals surface area contributed by atoms with Gasteiger partial charge in [-0.25, -0.2) is 4.39 Å². The molecule has 2 aromatic carbocycles. The second-order valence-corrected chi connectivity index (χ2v) is 6.16. The number of halogens is 2. The third kappa shape index (κ3) is 3.17. The molecule has 2 N–H and O–H groups in total. The van der Waals surface area contributed by atoms with Gasteiger partial charge in [0.15, 0.2) is 0 Å². The lowest BCUT2D eigenvalue weighted by atomic mass is 10.2. The van der Waals surface area contributed by atoms with Crippen LogP contribution in [-0.2, 0) is 16.6 Å². The Morgan fingerprint density at radius 2 is 2.00 bits per heavy atom. The minimum absolute atomic E-state index is 0.141. The van der Waals surface area contributed by atoms with Crippen molar-refractivity contribution in [1.29, 1.82) is 0 Å². The molecule has 5 heteroatoms. The van der Waals surface area contributed by atoms with Crippen LogP contribution in [-0.4, -0.2) is 4.21 Å². The first kappa shape index (κ1) is 13.2. The van der Waals surface area contributed by atoms with E-state index in [1.807, 2.05) is 6.07 Å². The summed E-state index contributed by atoms with van der Waals surface area (Å²) in [6.07, 6.45) is 0. The molecule has 0 spiro atoms. The zero-order chi connectivity index (χ0) is 13.1. The molecule has 0 heterocycles. The highest BCUT2D eigenvalue weighted by molar-refractivity contribution is 9.10. The molecule has 2 nitrogen and oxygen atoms in total. The van der Waals surface area contributed by atoms with Crippen LogP contribution in [0, 0.1) is 5.82 Å². The first-order valence-corrected chi connectivity index (χ1v) is 7.35. The fourth-order valence-corrected chi connectivity index (χ4v) is 3.24. The van der Waals surface area contributed by atoms with Crippen molar-refractivity contribution in [1.82, 2.24) is 0 Å². The minimum Gasteiger partial charge on any atom is -0.399 e. The first-order valence-electron chi connectivity index (χ1n) is 5.24. The van der Waals surface area contributed by atoms with E-state index in [9.17, 15) is 8.60 Å². The molecule has 0 aromatic heterocycles. The Bertz CT molecular complexity index is 603. The highest BCUT2D eigenvalue weighted by atomic mass is 79.9. The van der Waals surface area contributed by atoms with Crippen LogP contribution in [0.2, 0.25) is 0 Å². The number of nitrogens with two attached hydrogens (primary N) is 1. The lowest BCUT2D eigenvalue weighted by Crippen LogP contribution is -2.00. The summed E-state index contributed by atoms with van der Waals surface area (Å²) >= 11 is 3.31. The van der Waals surface area contributed by atoms with Crippen molar-refractivity contribution in [3.05, 3.63) is 58.3 Å². The van der Waals surface area contributed by atoms with Crippen LogP contribution in [0.4, 0.5) is 10.1 Å². The highest BCUT2D eigenvalue weighted by Crippen LogP contribution is 2.19. The molecule has 94 valence electrons. The standard InChI is InChI=1S/C13H11BrFNOS/c14-10-2-1-3-12(6-10)18(17)8-9-4-5-11(16)7-13(9)15/h1-7H,8,16H2. The van der Waals surface area contributed by atoms with Gasteiger partial charge in [-0.15, -0.1) is 0 Å². The van der Waals surface area contributed by atoms with Crippen LogP contribution in [0.25, 0.3) is 0 Å². The Kier molecular flexibility index (Phi) is 4.14. The molecule has 0 fully saturated rings. The minimum atomic E-state index is -1.27. The van der Waals surface area contributed by atoms with Gasteiger partial charge in [0.1, 0.15) is 5.82 Å². The van der Waals surface area contributed by atoms with Crippen molar-refractivity contribution >= 4 is 32.4 Å².